The summed E-state index contributed by atoms with van der Waals surface area (Å²) in [6.45, 7) is 2.10. The second-order valence-electron chi connectivity index (χ2n) is 6.61. The Morgan fingerprint density at radius 3 is 2.79 bits per heavy atom. The molecule has 0 radical (unpaired) electrons. The maximum absolute atomic E-state index is 14.0. The number of tetrazole rings is 1. The Hall–Kier alpha value is -3.33. The van der Waals surface area contributed by atoms with Gasteiger partial charge in [0.05, 0.1) is 5.02 Å². The van der Waals surface area contributed by atoms with Gasteiger partial charge in [0.15, 0.2) is 0 Å². The Morgan fingerprint density at radius 2 is 2.10 bits per heavy atom. The topological polar surface area (TPSA) is 104 Å². The Balaban J connectivity index is 1.62. The molecule has 3 aromatic rings. The van der Waals surface area contributed by atoms with E-state index in [1.807, 2.05) is 0 Å². The van der Waals surface area contributed by atoms with Crippen molar-refractivity contribution in [2.45, 2.75) is 19.4 Å². The van der Waals surface area contributed by atoms with Crippen LogP contribution in [0.3, 0.4) is 0 Å². The maximum Gasteiger partial charge on any atom is 0.252 e. The van der Waals surface area contributed by atoms with Crippen LogP contribution >= 0.6 is 11.6 Å². The largest absolute Gasteiger partial charge is 0.338 e. The Morgan fingerprint density at radius 1 is 1.28 bits per heavy atom. The van der Waals surface area contributed by atoms with Crippen LogP contribution in [0.1, 0.15) is 40.3 Å². The third-order valence-electron chi connectivity index (χ3n) is 4.79. The van der Waals surface area contributed by atoms with E-state index in [0.717, 1.165) is 11.3 Å². The first-order chi connectivity index (χ1) is 13.9. The molecule has 2 amide bonds. The van der Waals surface area contributed by atoms with Gasteiger partial charge in [-0.05, 0) is 47.9 Å². The molecule has 0 bridgehead atoms. The summed E-state index contributed by atoms with van der Waals surface area (Å²) in [6.07, 6.45) is 0.673. The van der Waals surface area contributed by atoms with Crippen LogP contribution in [0.25, 0.3) is 0 Å². The number of carbonyl (C=O) groups excluding carboxylic acids is 2. The lowest BCUT2D eigenvalue weighted by Crippen LogP contribution is -2.30. The van der Waals surface area contributed by atoms with Gasteiger partial charge in [-0.3, -0.25) is 9.59 Å². The molecule has 2 heterocycles. The first-order valence-electron chi connectivity index (χ1n) is 8.84. The number of H-pyrrole nitrogens is 1. The number of nitrogens with zero attached hydrogens (tertiary/aromatic N) is 4. The van der Waals surface area contributed by atoms with Crippen LogP contribution in [0.5, 0.6) is 0 Å². The molecule has 1 atom stereocenters. The van der Waals surface area contributed by atoms with Gasteiger partial charge in [-0.25, -0.2) is 4.39 Å². The number of carbonyl (C=O) groups is 2. The zero-order valence-corrected chi connectivity index (χ0v) is 16.1. The number of aromatic nitrogens is 4. The molecule has 0 saturated heterocycles. The molecule has 10 heteroatoms. The van der Waals surface area contributed by atoms with E-state index >= 15 is 0 Å². The number of hydrogen-bond donors (Lipinski definition) is 2. The van der Waals surface area contributed by atoms with E-state index in [1.54, 1.807) is 29.2 Å². The number of amides is 2. The molecule has 0 fully saturated rings. The van der Waals surface area contributed by atoms with Gasteiger partial charge < -0.3 is 10.2 Å². The number of aromatic amines is 1. The molecule has 0 saturated carbocycles. The van der Waals surface area contributed by atoms with Crippen LogP contribution in [0.2, 0.25) is 5.02 Å². The summed E-state index contributed by atoms with van der Waals surface area (Å²) >= 11 is 5.76. The van der Waals surface area contributed by atoms with Gasteiger partial charge >= 0.3 is 0 Å². The highest BCUT2D eigenvalue weighted by Gasteiger charge is 2.26. The molecule has 1 aromatic heterocycles. The number of hydrogen-bond acceptors (Lipinski definition) is 5. The minimum absolute atomic E-state index is 0.0272. The van der Waals surface area contributed by atoms with Gasteiger partial charge in [0.2, 0.25) is 11.7 Å². The van der Waals surface area contributed by atoms with Crippen LogP contribution in [0.4, 0.5) is 10.1 Å². The summed E-state index contributed by atoms with van der Waals surface area (Å²) in [4.78, 5) is 26.3. The summed E-state index contributed by atoms with van der Waals surface area (Å²) in [6, 6.07) is 8.53. The highest BCUT2D eigenvalue weighted by atomic mass is 35.5. The number of nitrogens with one attached hydrogen (secondary N) is 2. The van der Waals surface area contributed by atoms with Crippen molar-refractivity contribution < 1.29 is 14.0 Å². The maximum atomic E-state index is 14.0. The third kappa shape index (κ3) is 3.68. The van der Waals surface area contributed by atoms with Gasteiger partial charge in [-0.15, -0.1) is 10.2 Å². The van der Waals surface area contributed by atoms with Crippen molar-refractivity contribution in [1.82, 2.24) is 25.9 Å². The van der Waals surface area contributed by atoms with Gasteiger partial charge in [0.1, 0.15) is 11.9 Å². The highest BCUT2D eigenvalue weighted by molar-refractivity contribution is 6.30. The van der Waals surface area contributed by atoms with Crippen LogP contribution in [0, 0.1) is 5.82 Å². The van der Waals surface area contributed by atoms with E-state index in [-0.39, 0.29) is 22.7 Å². The van der Waals surface area contributed by atoms with E-state index in [2.05, 4.69) is 25.9 Å². The predicted octanol–water partition coefficient (Wildman–Crippen LogP) is 2.42. The molecule has 2 N–H and O–H groups in total. The van der Waals surface area contributed by atoms with Crippen molar-refractivity contribution >= 4 is 29.1 Å². The average Bonchev–Trinajstić information content (AvgIpc) is 3.37. The van der Waals surface area contributed by atoms with Gasteiger partial charge in [-0.1, -0.05) is 22.9 Å². The molecule has 0 aliphatic carbocycles. The number of halogens is 2. The first-order valence-corrected chi connectivity index (χ1v) is 9.22. The summed E-state index contributed by atoms with van der Waals surface area (Å²) in [5, 5.41) is 16.5. The van der Waals surface area contributed by atoms with Crippen molar-refractivity contribution in [2.75, 3.05) is 11.4 Å². The van der Waals surface area contributed by atoms with Gasteiger partial charge in [0.25, 0.3) is 5.91 Å². The number of benzene rings is 2. The normalized spacial score (nSPS) is 13.8. The molecule has 1 aliphatic heterocycles. The Labute approximate surface area is 170 Å². The van der Waals surface area contributed by atoms with Crippen LogP contribution in [-0.4, -0.2) is 39.0 Å². The van der Waals surface area contributed by atoms with E-state index in [9.17, 15) is 14.0 Å². The van der Waals surface area contributed by atoms with Gasteiger partial charge in [0, 0.05) is 24.7 Å². The number of anilines is 1. The van der Waals surface area contributed by atoms with Crippen LogP contribution in [0.15, 0.2) is 36.4 Å². The number of fused-ring (bicyclic) bond motifs is 1. The fraction of sp³-hybridized carbons (Fsp3) is 0.211. The van der Waals surface area contributed by atoms with Crippen molar-refractivity contribution in [3.05, 3.63) is 69.8 Å². The van der Waals surface area contributed by atoms with E-state index in [4.69, 9.17) is 11.6 Å². The lowest BCUT2D eigenvalue weighted by atomic mass is 10.0. The smallest absolute Gasteiger partial charge is 0.252 e. The molecule has 148 valence electrons. The molecule has 29 heavy (non-hydrogen) atoms. The molecule has 8 nitrogen and oxygen atoms in total. The van der Waals surface area contributed by atoms with Crippen molar-refractivity contribution in [1.29, 1.82) is 0 Å². The van der Waals surface area contributed by atoms with E-state index in [0.29, 0.717) is 24.1 Å². The zero-order valence-electron chi connectivity index (χ0n) is 15.3. The van der Waals surface area contributed by atoms with Crippen LogP contribution in [-0.2, 0) is 11.2 Å². The highest BCUT2D eigenvalue weighted by Crippen LogP contribution is 2.29. The van der Waals surface area contributed by atoms with E-state index in [1.165, 1.54) is 19.1 Å². The fourth-order valence-corrected chi connectivity index (χ4v) is 3.48. The molecular weight excluding hydrogens is 399 g/mol. The molecular formula is C19H16ClFN6O2. The van der Waals surface area contributed by atoms with Crippen molar-refractivity contribution in [2.24, 2.45) is 0 Å². The Bertz CT molecular complexity index is 1090. The summed E-state index contributed by atoms with van der Waals surface area (Å²) in [5.41, 5.74) is 2.56. The Kier molecular flexibility index (Phi) is 4.98. The molecule has 2 aromatic carbocycles. The second-order valence-corrected chi connectivity index (χ2v) is 7.02. The summed E-state index contributed by atoms with van der Waals surface area (Å²) < 4.78 is 14.0. The molecule has 1 aliphatic rings. The van der Waals surface area contributed by atoms with Gasteiger partial charge in [-0.2, -0.15) is 5.21 Å². The SMILES string of the molecule is CC(=O)N1CCc2cc(C(=O)N[C@@H](c3ccc(Cl)c(F)c3)c3nn[nH]n3)ccc21. The molecule has 0 spiro atoms. The third-order valence-corrected chi connectivity index (χ3v) is 5.10. The van der Waals surface area contributed by atoms with Crippen LogP contribution < -0.4 is 10.2 Å². The standard InChI is InChI=1S/C19H16ClFN6O2/c1-10(28)27-7-6-11-8-13(3-5-16(11)27)19(29)22-17(18-23-25-26-24-18)12-2-4-14(20)15(21)9-12/h2-5,8-9,17H,6-7H2,1H3,(H,22,29)(H,23,24,25,26)/t17-/m0/s1. The zero-order chi connectivity index (χ0) is 20.5. The van der Waals surface area contributed by atoms with E-state index < -0.39 is 11.9 Å². The average molecular weight is 415 g/mol. The van der Waals surface area contributed by atoms with Crippen molar-refractivity contribution in [3.8, 4) is 0 Å². The summed E-state index contributed by atoms with van der Waals surface area (Å²) in [5.74, 6) is -0.861. The van der Waals surface area contributed by atoms with Crippen molar-refractivity contribution in [3.63, 3.8) is 0 Å². The predicted molar refractivity (Wildman–Crippen MR) is 103 cm³/mol. The lowest BCUT2D eigenvalue weighted by molar-refractivity contribution is -0.116. The molecule has 0 unspecified atom stereocenters. The second kappa shape index (κ2) is 7.59. The lowest BCUT2D eigenvalue weighted by Gasteiger charge is -2.17. The minimum atomic E-state index is -0.824. The number of rotatable bonds is 4. The monoisotopic (exact) mass is 414 g/mol. The summed E-state index contributed by atoms with van der Waals surface area (Å²) in [7, 11) is 0. The first kappa shape index (κ1) is 19.0. The minimum Gasteiger partial charge on any atom is -0.338 e. The molecule has 4 rings (SSSR count). The fourth-order valence-electron chi connectivity index (χ4n) is 3.37. The quantitative estimate of drug-likeness (QED) is 0.682.